The summed E-state index contributed by atoms with van der Waals surface area (Å²) in [6.07, 6.45) is 3.69. The number of ketones is 1. The quantitative estimate of drug-likeness (QED) is 0.631. The van der Waals surface area contributed by atoms with Gasteiger partial charge in [0.1, 0.15) is 4.88 Å². The van der Waals surface area contributed by atoms with Crippen LogP contribution in [0.3, 0.4) is 0 Å². The average molecular weight is 294 g/mol. The number of aromatic nitrogens is 1. The van der Waals surface area contributed by atoms with E-state index in [0.29, 0.717) is 10.9 Å². The van der Waals surface area contributed by atoms with E-state index in [0.717, 1.165) is 17.6 Å². The van der Waals surface area contributed by atoms with Crippen molar-refractivity contribution in [3.05, 3.63) is 10.6 Å². The van der Waals surface area contributed by atoms with E-state index in [1.165, 1.54) is 37.5 Å². The van der Waals surface area contributed by atoms with Gasteiger partial charge < -0.3 is 9.64 Å². The van der Waals surface area contributed by atoms with E-state index in [1.807, 2.05) is 0 Å². The second kappa shape index (κ2) is 5.16. The Morgan fingerprint density at radius 1 is 1.45 bits per heavy atom. The van der Waals surface area contributed by atoms with Gasteiger partial charge in [0.15, 0.2) is 16.6 Å². The predicted molar refractivity (Wildman–Crippen MR) is 76.6 cm³/mol. The van der Waals surface area contributed by atoms with Crippen molar-refractivity contribution < 1.29 is 14.3 Å². The van der Waals surface area contributed by atoms with Crippen molar-refractivity contribution in [2.75, 3.05) is 18.1 Å². The van der Waals surface area contributed by atoms with Gasteiger partial charge >= 0.3 is 5.97 Å². The van der Waals surface area contributed by atoms with Crippen LogP contribution in [0.25, 0.3) is 0 Å². The van der Waals surface area contributed by atoms with Crippen LogP contribution >= 0.6 is 11.3 Å². The molecule has 3 rings (SSSR count). The number of thiazole rings is 1. The molecule has 6 heteroatoms. The lowest BCUT2D eigenvalue weighted by molar-refractivity contribution is 0.0517. The molecule has 0 aromatic carbocycles. The Morgan fingerprint density at radius 3 is 2.80 bits per heavy atom. The third kappa shape index (κ3) is 2.22. The summed E-state index contributed by atoms with van der Waals surface area (Å²) in [6.45, 7) is 4.50. The zero-order valence-corrected chi connectivity index (χ0v) is 12.5. The van der Waals surface area contributed by atoms with Gasteiger partial charge in [0.25, 0.3) is 0 Å². The predicted octanol–water partition coefficient (Wildman–Crippen LogP) is 2.51. The van der Waals surface area contributed by atoms with E-state index in [-0.39, 0.29) is 18.1 Å². The molecule has 1 aromatic rings. The van der Waals surface area contributed by atoms with Crippen molar-refractivity contribution >= 4 is 28.2 Å². The monoisotopic (exact) mass is 294 g/mol. The van der Waals surface area contributed by atoms with Gasteiger partial charge in [0.05, 0.1) is 6.61 Å². The van der Waals surface area contributed by atoms with E-state index in [9.17, 15) is 9.59 Å². The van der Waals surface area contributed by atoms with E-state index < -0.39 is 5.97 Å². The van der Waals surface area contributed by atoms with Crippen LogP contribution in [0, 0.1) is 5.92 Å². The fraction of sp³-hybridized carbons (Fsp3) is 0.643. The zero-order chi connectivity index (χ0) is 14.3. The molecule has 5 nitrogen and oxygen atoms in total. The highest BCUT2D eigenvalue weighted by Crippen LogP contribution is 2.42. The van der Waals surface area contributed by atoms with Gasteiger partial charge in [0, 0.05) is 19.5 Å². The Balaban J connectivity index is 1.91. The van der Waals surface area contributed by atoms with Gasteiger partial charge in [-0.1, -0.05) is 11.3 Å². The molecule has 20 heavy (non-hydrogen) atoms. The number of hydrogen-bond donors (Lipinski definition) is 0. The SMILES string of the molecule is CCOC(=O)c1nc(N2CC3CCC2C3)sc1C(C)=O. The first-order valence-electron chi connectivity index (χ1n) is 7.05. The standard InChI is InChI=1S/C14H18N2O3S/c1-3-19-13(18)11-12(8(2)17)20-14(15-11)16-7-9-4-5-10(16)6-9/h9-10H,3-7H2,1-2H3. The molecule has 0 spiro atoms. The smallest absolute Gasteiger partial charge is 0.358 e. The van der Waals surface area contributed by atoms with Crippen LogP contribution in [-0.4, -0.2) is 35.9 Å². The van der Waals surface area contributed by atoms with Gasteiger partial charge in [-0.2, -0.15) is 0 Å². The molecule has 2 heterocycles. The Kier molecular flexibility index (Phi) is 3.50. The number of Topliss-reactive ketones (excluding diaryl/α,β-unsaturated/α-hetero) is 1. The Morgan fingerprint density at radius 2 is 2.25 bits per heavy atom. The first kappa shape index (κ1) is 13.5. The minimum atomic E-state index is -0.496. The van der Waals surface area contributed by atoms with Gasteiger partial charge in [-0.3, -0.25) is 4.79 Å². The van der Waals surface area contributed by atoms with Gasteiger partial charge in [-0.05, 0) is 32.1 Å². The van der Waals surface area contributed by atoms with Gasteiger partial charge in [-0.25, -0.2) is 9.78 Å². The minimum absolute atomic E-state index is 0.124. The molecule has 2 atom stereocenters. The highest BCUT2D eigenvalue weighted by atomic mass is 32.1. The van der Waals surface area contributed by atoms with Crippen molar-refractivity contribution in [3.63, 3.8) is 0 Å². The number of carbonyl (C=O) groups excluding carboxylic acids is 2. The van der Waals surface area contributed by atoms with Crippen LogP contribution in [0.4, 0.5) is 5.13 Å². The van der Waals surface area contributed by atoms with Crippen molar-refractivity contribution in [3.8, 4) is 0 Å². The highest BCUT2D eigenvalue weighted by molar-refractivity contribution is 7.17. The Bertz CT molecular complexity index is 555. The van der Waals surface area contributed by atoms with Crippen LogP contribution in [-0.2, 0) is 4.74 Å². The number of hydrogen-bond acceptors (Lipinski definition) is 6. The molecule has 1 saturated heterocycles. The van der Waals surface area contributed by atoms with Crippen molar-refractivity contribution in [1.82, 2.24) is 4.98 Å². The highest BCUT2D eigenvalue weighted by Gasteiger charge is 2.40. The van der Waals surface area contributed by atoms with Crippen molar-refractivity contribution in [1.29, 1.82) is 0 Å². The number of fused-ring (bicyclic) bond motifs is 2. The number of piperidine rings is 1. The van der Waals surface area contributed by atoms with Crippen LogP contribution in [0.1, 0.15) is 53.3 Å². The molecule has 2 bridgehead atoms. The maximum atomic E-state index is 11.9. The number of esters is 1. The molecule has 0 N–H and O–H groups in total. The summed E-state index contributed by atoms with van der Waals surface area (Å²) < 4.78 is 4.99. The molecule has 0 radical (unpaired) electrons. The van der Waals surface area contributed by atoms with E-state index >= 15 is 0 Å². The molecule has 2 unspecified atom stereocenters. The second-order valence-electron chi connectivity index (χ2n) is 5.44. The fourth-order valence-corrected chi connectivity index (χ4v) is 4.20. The van der Waals surface area contributed by atoms with E-state index in [4.69, 9.17) is 4.74 Å². The largest absolute Gasteiger partial charge is 0.461 e. The maximum absolute atomic E-state index is 11.9. The molecule has 1 aromatic heterocycles. The third-order valence-corrected chi connectivity index (χ3v) is 5.25. The number of rotatable bonds is 4. The number of ether oxygens (including phenoxy) is 1. The minimum Gasteiger partial charge on any atom is -0.461 e. The second-order valence-corrected chi connectivity index (χ2v) is 6.41. The third-order valence-electron chi connectivity index (χ3n) is 4.06. The summed E-state index contributed by atoms with van der Waals surface area (Å²) in [5, 5.41) is 0.797. The summed E-state index contributed by atoms with van der Waals surface area (Å²) in [6, 6.07) is 0.529. The summed E-state index contributed by atoms with van der Waals surface area (Å²) in [5.41, 5.74) is 0.183. The van der Waals surface area contributed by atoms with Crippen LogP contribution < -0.4 is 4.90 Å². The van der Waals surface area contributed by atoms with Crippen molar-refractivity contribution in [2.45, 2.75) is 39.2 Å². The molecule has 1 saturated carbocycles. The summed E-state index contributed by atoms with van der Waals surface area (Å²) in [7, 11) is 0. The number of anilines is 1. The summed E-state index contributed by atoms with van der Waals surface area (Å²) in [5.74, 6) is 0.126. The van der Waals surface area contributed by atoms with Crippen LogP contribution in [0.15, 0.2) is 0 Å². The average Bonchev–Trinajstić information content (AvgIpc) is 3.13. The zero-order valence-electron chi connectivity index (χ0n) is 11.7. The Hall–Kier alpha value is -1.43. The lowest BCUT2D eigenvalue weighted by Crippen LogP contribution is -2.31. The van der Waals surface area contributed by atoms with Crippen molar-refractivity contribution in [2.24, 2.45) is 5.92 Å². The van der Waals surface area contributed by atoms with E-state index in [2.05, 4.69) is 9.88 Å². The molecule has 2 aliphatic rings. The summed E-state index contributed by atoms with van der Waals surface area (Å²) >= 11 is 1.32. The summed E-state index contributed by atoms with van der Waals surface area (Å²) in [4.78, 5) is 30.7. The lowest BCUT2D eigenvalue weighted by Gasteiger charge is -2.26. The van der Waals surface area contributed by atoms with Gasteiger partial charge in [0.2, 0.25) is 0 Å². The Labute approximate surface area is 121 Å². The number of carbonyl (C=O) groups is 2. The first-order chi connectivity index (χ1) is 9.60. The van der Waals surface area contributed by atoms with E-state index in [1.54, 1.807) is 6.92 Å². The first-order valence-corrected chi connectivity index (χ1v) is 7.87. The number of nitrogens with zero attached hydrogens (tertiary/aromatic N) is 2. The molecular weight excluding hydrogens is 276 g/mol. The van der Waals surface area contributed by atoms with Crippen LogP contribution in [0.2, 0.25) is 0 Å². The molecule has 108 valence electrons. The normalized spacial score (nSPS) is 24.2. The molecule has 0 amide bonds. The lowest BCUT2D eigenvalue weighted by atomic mass is 10.1. The molecular formula is C14H18N2O3S. The van der Waals surface area contributed by atoms with Gasteiger partial charge in [-0.15, -0.1) is 0 Å². The molecule has 1 aliphatic carbocycles. The van der Waals surface area contributed by atoms with Crippen LogP contribution in [0.5, 0.6) is 0 Å². The topological polar surface area (TPSA) is 59.5 Å². The molecule has 2 fully saturated rings. The molecule has 1 aliphatic heterocycles. The maximum Gasteiger partial charge on any atom is 0.358 e. The fourth-order valence-electron chi connectivity index (χ4n) is 3.17.